The summed E-state index contributed by atoms with van der Waals surface area (Å²) in [7, 11) is 1.70. The van der Waals surface area contributed by atoms with Gasteiger partial charge < -0.3 is 15.2 Å². The van der Waals surface area contributed by atoms with E-state index in [1.54, 1.807) is 7.11 Å². The number of hydrogen-bond donors (Lipinski definition) is 2. The van der Waals surface area contributed by atoms with Gasteiger partial charge in [-0.3, -0.25) is 0 Å². The summed E-state index contributed by atoms with van der Waals surface area (Å²) in [5, 5.41) is 13.3. The molecule has 20 heavy (non-hydrogen) atoms. The van der Waals surface area contributed by atoms with E-state index in [-0.39, 0.29) is 0 Å². The van der Waals surface area contributed by atoms with E-state index in [1.807, 2.05) is 38.1 Å². The van der Waals surface area contributed by atoms with Crippen LogP contribution in [0.4, 0.5) is 5.69 Å². The van der Waals surface area contributed by atoms with E-state index in [0.29, 0.717) is 18.9 Å². The van der Waals surface area contributed by atoms with Crippen LogP contribution in [0.3, 0.4) is 0 Å². The molecule has 3 nitrogen and oxygen atoms in total. The van der Waals surface area contributed by atoms with Crippen LogP contribution in [0.25, 0.3) is 0 Å². The summed E-state index contributed by atoms with van der Waals surface area (Å²) < 4.78 is 5.21. The molecule has 0 unspecified atom stereocenters. The molecule has 0 aliphatic heterocycles. The lowest BCUT2D eigenvalue weighted by Gasteiger charge is -2.14. The Balaban J connectivity index is 2.15. The van der Waals surface area contributed by atoms with Crippen LogP contribution in [-0.2, 0) is 17.9 Å². The number of methoxy groups -OCH3 is 1. The van der Waals surface area contributed by atoms with Crippen molar-refractivity contribution in [3.63, 3.8) is 0 Å². The molecular weight excluding hydrogens is 250 g/mol. The number of rotatable bonds is 5. The molecule has 0 saturated carbocycles. The molecule has 0 aliphatic rings. The quantitative estimate of drug-likeness (QED) is 0.870. The Labute approximate surface area is 120 Å². The minimum Gasteiger partial charge on any atom is -0.507 e. The molecule has 0 aliphatic carbocycles. The van der Waals surface area contributed by atoms with Gasteiger partial charge in [-0.2, -0.15) is 0 Å². The average Bonchev–Trinajstić information content (AvgIpc) is 2.46. The van der Waals surface area contributed by atoms with Crippen molar-refractivity contribution >= 4 is 5.69 Å². The Morgan fingerprint density at radius 2 is 1.75 bits per heavy atom. The van der Waals surface area contributed by atoms with E-state index in [1.165, 1.54) is 11.1 Å². The van der Waals surface area contributed by atoms with E-state index in [9.17, 15) is 5.11 Å². The summed E-state index contributed by atoms with van der Waals surface area (Å²) in [4.78, 5) is 0. The number of phenolic OH excluding ortho intramolecular Hbond substituents is 1. The number of benzene rings is 2. The van der Waals surface area contributed by atoms with Crippen LogP contribution in [0.15, 0.2) is 36.4 Å². The van der Waals surface area contributed by atoms with Crippen molar-refractivity contribution in [1.29, 1.82) is 0 Å². The maximum absolute atomic E-state index is 9.96. The summed E-state index contributed by atoms with van der Waals surface area (Å²) in [6, 6.07) is 12.1. The van der Waals surface area contributed by atoms with Crippen molar-refractivity contribution in [2.24, 2.45) is 0 Å². The summed E-state index contributed by atoms with van der Waals surface area (Å²) in [5.74, 6) is 0.361. The first-order valence-electron chi connectivity index (χ1n) is 6.72. The Hall–Kier alpha value is -2.00. The molecule has 2 aromatic rings. The lowest BCUT2D eigenvalue weighted by Crippen LogP contribution is -2.05. The number of aromatic hydroxyl groups is 1. The van der Waals surface area contributed by atoms with Gasteiger partial charge in [-0.25, -0.2) is 0 Å². The van der Waals surface area contributed by atoms with Crippen molar-refractivity contribution in [3.8, 4) is 5.75 Å². The second-order valence-corrected chi connectivity index (χ2v) is 4.96. The topological polar surface area (TPSA) is 41.5 Å². The van der Waals surface area contributed by atoms with Gasteiger partial charge in [0.25, 0.3) is 0 Å². The van der Waals surface area contributed by atoms with Gasteiger partial charge in [0.15, 0.2) is 0 Å². The van der Waals surface area contributed by atoms with Gasteiger partial charge >= 0.3 is 0 Å². The number of ether oxygens (including phenoxy) is 1. The molecule has 0 bridgehead atoms. The molecule has 0 amide bonds. The zero-order valence-corrected chi connectivity index (χ0v) is 12.2. The lowest BCUT2D eigenvalue weighted by atomic mass is 10.1. The van der Waals surface area contributed by atoms with Gasteiger partial charge in [0.05, 0.1) is 6.61 Å². The van der Waals surface area contributed by atoms with Crippen molar-refractivity contribution in [2.45, 2.75) is 27.0 Å². The maximum Gasteiger partial charge on any atom is 0.123 e. The summed E-state index contributed by atoms with van der Waals surface area (Å²) >= 11 is 0. The largest absolute Gasteiger partial charge is 0.507 e. The first-order chi connectivity index (χ1) is 9.63. The van der Waals surface area contributed by atoms with E-state index in [2.05, 4.69) is 17.4 Å². The summed E-state index contributed by atoms with van der Waals surface area (Å²) in [6.45, 7) is 5.14. The van der Waals surface area contributed by atoms with E-state index in [4.69, 9.17) is 4.74 Å². The fraction of sp³-hybridized carbons (Fsp3) is 0.294. The third-order valence-electron chi connectivity index (χ3n) is 3.52. The third kappa shape index (κ3) is 3.11. The normalized spacial score (nSPS) is 10.6. The molecule has 106 valence electrons. The van der Waals surface area contributed by atoms with Gasteiger partial charge in [0, 0.05) is 24.9 Å². The van der Waals surface area contributed by atoms with Gasteiger partial charge in [0.2, 0.25) is 0 Å². The minimum atomic E-state index is 0.361. The van der Waals surface area contributed by atoms with Crippen molar-refractivity contribution in [2.75, 3.05) is 12.4 Å². The smallest absolute Gasteiger partial charge is 0.123 e. The maximum atomic E-state index is 9.96. The standard InChI is InChI=1S/C17H21NO2/c1-12-8-9-16(13(2)17(12)19)18-10-14-6-4-5-7-15(14)11-20-3/h4-9,18-19H,10-11H2,1-3H3. The van der Waals surface area contributed by atoms with E-state index >= 15 is 0 Å². The molecule has 0 spiro atoms. The van der Waals surface area contributed by atoms with Crippen LogP contribution in [0.1, 0.15) is 22.3 Å². The highest BCUT2D eigenvalue weighted by Gasteiger charge is 2.07. The fourth-order valence-electron chi connectivity index (χ4n) is 2.24. The van der Waals surface area contributed by atoms with Crippen LogP contribution < -0.4 is 5.32 Å². The van der Waals surface area contributed by atoms with Crippen LogP contribution in [0.5, 0.6) is 5.75 Å². The zero-order valence-electron chi connectivity index (χ0n) is 12.2. The fourth-order valence-corrected chi connectivity index (χ4v) is 2.24. The molecule has 3 heteroatoms. The minimum absolute atomic E-state index is 0.361. The number of nitrogens with one attached hydrogen (secondary N) is 1. The van der Waals surface area contributed by atoms with E-state index in [0.717, 1.165) is 16.8 Å². The van der Waals surface area contributed by atoms with Crippen LogP contribution in [-0.4, -0.2) is 12.2 Å². The Bertz CT molecular complexity index is 594. The second-order valence-electron chi connectivity index (χ2n) is 4.96. The molecule has 2 N–H and O–H groups in total. The Morgan fingerprint density at radius 3 is 2.45 bits per heavy atom. The molecule has 0 heterocycles. The molecule has 0 fully saturated rings. The molecule has 0 aromatic heterocycles. The molecule has 0 radical (unpaired) electrons. The number of phenols is 1. The first kappa shape index (κ1) is 14.4. The van der Waals surface area contributed by atoms with Gasteiger partial charge in [0.1, 0.15) is 5.75 Å². The SMILES string of the molecule is COCc1ccccc1CNc1ccc(C)c(O)c1C. The van der Waals surface area contributed by atoms with Crippen LogP contribution >= 0.6 is 0 Å². The first-order valence-corrected chi connectivity index (χ1v) is 6.72. The van der Waals surface area contributed by atoms with Crippen molar-refractivity contribution < 1.29 is 9.84 Å². The Kier molecular flexibility index (Phi) is 4.64. The van der Waals surface area contributed by atoms with Gasteiger partial charge in [-0.1, -0.05) is 30.3 Å². The van der Waals surface area contributed by atoms with Gasteiger partial charge in [-0.15, -0.1) is 0 Å². The highest BCUT2D eigenvalue weighted by molar-refractivity contribution is 5.59. The predicted molar refractivity (Wildman–Crippen MR) is 82.1 cm³/mol. The second kappa shape index (κ2) is 6.44. The molecular formula is C17H21NO2. The third-order valence-corrected chi connectivity index (χ3v) is 3.52. The summed E-state index contributed by atoms with van der Waals surface area (Å²) in [5.41, 5.74) is 5.12. The van der Waals surface area contributed by atoms with E-state index < -0.39 is 0 Å². The Morgan fingerprint density at radius 1 is 1.05 bits per heavy atom. The average molecular weight is 271 g/mol. The van der Waals surface area contributed by atoms with Crippen LogP contribution in [0, 0.1) is 13.8 Å². The highest BCUT2D eigenvalue weighted by atomic mass is 16.5. The number of aryl methyl sites for hydroxylation is 1. The molecule has 2 rings (SSSR count). The molecule has 0 atom stereocenters. The zero-order chi connectivity index (χ0) is 14.5. The molecule has 0 saturated heterocycles. The van der Waals surface area contributed by atoms with Crippen LogP contribution in [0.2, 0.25) is 0 Å². The number of hydrogen-bond acceptors (Lipinski definition) is 3. The lowest BCUT2D eigenvalue weighted by molar-refractivity contribution is 0.184. The monoisotopic (exact) mass is 271 g/mol. The predicted octanol–water partition coefficient (Wildman–Crippen LogP) is 3.77. The van der Waals surface area contributed by atoms with Crippen molar-refractivity contribution in [3.05, 3.63) is 58.7 Å². The highest BCUT2D eigenvalue weighted by Crippen LogP contribution is 2.28. The molecule has 2 aromatic carbocycles. The number of anilines is 1. The van der Waals surface area contributed by atoms with Gasteiger partial charge in [-0.05, 0) is 36.6 Å². The van der Waals surface area contributed by atoms with Crippen molar-refractivity contribution in [1.82, 2.24) is 0 Å². The summed E-state index contributed by atoms with van der Waals surface area (Å²) in [6.07, 6.45) is 0.